The van der Waals surface area contributed by atoms with Crippen LogP contribution in [0.2, 0.25) is 0 Å². The second-order valence-corrected chi connectivity index (χ2v) is 12.1. The van der Waals surface area contributed by atoms with E-state index in [-0.39, 0.29) is 23.4 Å². The lowest BCUT2D eigenvalue weighted by atomic mass is 9.97. The molecule has 0 unspecified atom stereocenters. The molecule has 0 amide bonds. The minimum absolute atomic E-state index is 0.00727. The molecule has 0 radical (unpaired) electrons. The number of benzene rings is 3. The van der Waals surface area contributed by atoms with E-state index in [9.17, 15) is 19.7 Å². The number of nitro groups is 1. The third-order valence-electron chi connectivity index (χ3n) is 7.17. The third-order valence-corrected chi connectivity index (χ3v) is 8.75. The highest BCUT2D eigenvalue weighted by Crippen LogP contribution is 2.38. The van der Waals surface area contributed by atoms with E-state index in [2.05, 4.69) is 20.9 Å². The van der Waals surface area contributed by atoms with Crippen LogP contribution in [0.5, 0.6) is 23.0 Å². The Hall–Kier alpha value is -4.95. The Morgan fingerprint density at radius 2 is 1.67 bits per heavy atom. The van der Waals surface area contributed by atoms with Crippen LogP contribution in [0.3, 0.4) is 0 Å². The zero-order chi connectivity index (χ0) is 34.4. The molecule has 3 aromatic carbocycles. The van der Waals surface area contributed by atoms with Crippen LogP contribution in [-0.4, -0.2) is 42.4 Å². The molecule has 14 heteroatoms. The average molecular weight is 739 g/mol. The summed E-state index contributed by atoms with van der Waals surface area (Å²) in [4.78, 5) is 42.4. The number of esters is 1. The predicted molar refractivity (Wildman–Crippen MR) is 183 cm³/mol. The number of rotatable bonds is 13. The van der Waals surface area contributed by atoms with Gasteiger partial charge in [0.25, 0.3) is 11.2 Å². The molecule has 12 nitrogen and oxygen atoms in total. The van der Waals surface area contributed by atoms with Gasteiger partial charge in [0.1, 0.15) is 6.61 Å². The van der Waals surface area contributed by atoms with Gasteiger partial charge < -0.3 is 23.7 Å². The Kier molecular flexibility index (Phi) is 11.0. The monoisotopic (exact) mass is 737 g/mol. The van der Waals surface area contributed by atoms with Crippen LogP contribution in [0.1, 0.15) is 43.5 Å². The molecule has 0 spiro atoms. The number of hydrogen-bond acceptors (Lipinski definition) is 11. The zero-order valence-electron chi connectivity index (χ0n) is 26.6. The van der Waals surface area contributed by atoms with Gasteiger partial charge in [-0.3, -0.25) is 19.5 Å². The van der Waals surface area contributed by atoms with Gasteiger partial charge in [-0.25, -0.2) is 9.79 Å². The van der Waals surface area contributed by atoms with Crippen LogP contribution in [0.15, 0.2) is 80.6 Å². The van der Waals surface area contributed by atoms with E-state index in [0.717, 1.165) is 5.56 Å². The van der Waals surface area contributed by atoms with E-state index in [1.165, 1.54) is 41.3 Å². The Morgan fingerprint density at radius 1 is 0.979 bits per heavy atom. The fraction of sp³-hybridized carbons (Fsp3) is 0.265. The van der Waals surface area contributed by atoms with Crippen LogP contribution in [0.25, 0.3) is 6.08 Å². The molecule has 0 bridgehead atoms. The van der Waals surface area contributed by atoms with Gasteiger partial charge in [-0.05, 0) is 95.9 Å². The van der Waals surface area contributed by atoms with Gasteiger partial charge in [0.05, 0.1) is 52.5 Å². The van der Waals surface area contributed by atoms with Gasteiger partial charge in [-0.2, -0.15) is 0 Å². The van der Waals surface area contributed by atoms with E-state index in [4.69, 9.17) is 23.7 Å². The molecular formula is C34H32BrN3O9S. The maximum Gasteiger partial charge on any atom is 0.337 e. The molecule has 2 heterocycles. The van der Waals surface area contributed by atoms with Crippen LogP contribution in [0.4, 0.5) is 5.69 Å². The molecule has 1 aliphatic rings. The topological polar surface area (TPSA) is 141 Å². The van der Waals surface area contributed by atoms with Gasteiger partial charge in [-0.1, -0.05) is 17.4 Å². The minimum Gasteiger partial charge on any atom is -0.490 e. The molecule has 5 rings (SSSR count). The van der Waals surface area contributed by atoms with Crippen molar-refractivity contribution in [1.82, 2.24) is 4.57 Å². The molecule has 0 fully saturated rings. The number of carbonyl (C=O) groups is 1. The number of halogens is 1. The number of non-ortho nitro benzene ring substituents is 1. The van der Waals surface area contributed by atoms with Crippen LogP contribution >= 0.6 is 27.3 Å². The molecule has 0 saturated carbocycles. The van der Waals surface area contributed by atoms with Crippen molar-refractivity contribution in [3.63, 3.8) is 0 Å². The molecular weight excluding hydrogens is 706 g/mol. The van der Waals surface area contributed by atoms with Crippen molar-refractivity contribution in [2.45, 2.75) is 33.4 Å². The standard InChI is InChI=1S/C34H32BrN3O9S/c1-5-44-26-13-10-22(17-27(26)45-6-2)30-24(33(40)43-4)18-36-34-37(30)32(39)29(48-34)16-21-14-25(35)31(28(15-21)46-7-3)47-19-20-8-11-23(12-9-20)38(41)42/h8-18,30H,5-7,19H2,1-4H3/b29-16-/t30-/m0/s1. The number of ether oxygens (including phenoxy) is 5. The van der Waals surface area contributed by atoms with E-state index < -0.39 is 16.9 Å². The summed E-state index contributed by atoms with van der Waals surface area (Å²) in [5.74, 6) is 1.31. The van der Waals surface area contributed by atoms with Crippen molar-refractivity contribution >= 4 is 45.0 Å². The number of hydrogen-bond donors (Lipinski definition) is 0. The minimum atomic E-state index is -0.827. The van der Waals surface area contributed by atoms with Crippen LogP contribution in [-0.2, 0) is 16.1 Å². The smallest absolute Gasteiger partial charge is 0.337 e. The fourth-order valence-corrected chi connectivity index (χ4v) is 6.63. The van der Waals surface area contributed by atoms with Crippen molar-refractivity contribution in [2.24, 2.45) is 4.99 Å². The summed E-state index contributed by atoms with van der Waals surface area (Å²) >= 11 is 4.76. The fourth-order valence-electron chi connectivity index (χ4n) is 5.08. The Balaban J connectivity index is 1.54. The summed E-state index contributed by atoms with van der Waals surface area (Å²) in [7, 11) is 1.28. The second kappa shape index (κ2) is 15.3. The third kappa shape index (κ3) is 7.29. The molecule has 1 aliphatic heterocycles. The van der Waals surface area contributed by atoms with E-state index in [1.54, 1.807) is 48.5 Å². The lowest BCUT2D eigenvalue weighted by molar-refractivity contribution is -0.384. The number of thiazole rings is 1. The van der Waals surface area contributed by atoms with Gasteiger partial charge in [0.15, 0.2) is 27.8 Å². The molecule has 48 heavy (non-hydrogen) atoms. The lowest BCUT2D eigenvalue weighted by Gasteiger charge is -2.23. The Bertz CT molecular complexity index is 2060. The number of nitrogens with zero attached hydrogens (tertiary/aromatic N) is 3. The van der Waals surface area contributed by atoms with Crippen LogP contribution in [0, 0.1) is 10.1 Å². The van der Waals surface area contributed by atoms with Crippen molar-refractivity contribution in [2.75, 3.05) is 26.9 Å². The number of methoxy groups -OCH3 is 1. The van der Waals surface area contributed by atoms with Gasteiger partial charge in [-0.15, -0.1) is 0 Å². The largest absolute Gasteiger partial charge is 0.490 e. The molecule has 0 aliphatic carbocycles. The maximum atomic E-state index is 14.1. The van der Waals surface area contributed by atoms with Crippen molar-refractivity contribution in [3.05, 3.63) is 117 Å². The summed E-state index contributed by atoms with van der Waals surface area (Å²) < 4.78 is 31.0. The molecule has 1 atom stereocenters. The molecule has 0 saturated heterocycles. The first-order chi connectivity index (χ1) is 23.2. The summed E-state index contributed by atoms with van der Waals surface area (Å²) in [6, 6.07) is 14.1. The van der Waals surface area contributed by atoms with E-state index >= 15 is 0 Å². The number of nitro benzene ring substituents is 1. The zero-order valence-corrected chi connectivity index (χ0v) is 29.0. The summed E-state index contributed by atoms with van der Waals surface area (Å²) in [5.41, 5.74) is 1.85. The lowest BCUT2D eigenvalue weighted by Crippen LogP contribution is -2.39. The van der Waals surface area contributed by atoms with Crippen molar-refractivity contribution in [3.8, 4) is 23.0 Å². The summed E-state index contributed by atoms with van der Waals surface area (Å²) in [6.07, 6.45) is 3.16. The quantitative estimate of drug-likeness (QED) is 0.0993. The number of fused-ring (bicyclic) bond motifs is 1. The summed E-state index contributed by atoms with van der Waals surface area (Å²) in [5, 5.41) is 11.0. The first kappa shape index (κ1) is 34.4. The first-order valence-electron chi connectivity index (χ1n) is 15.0. The maximum absolute atomic E-state index is 14.1. The highest BCUT2D eigenvalue weighted by Gasteiger charge is 2.31. The van der Waals surface area contributed by atoms with E-state index in [0.29, 0.717) is 67.8 Å². The normalized spacial score (nSPS) is 14.0. The Morgan fingerprint density at radius 3 is 2.33 bits per heavy atom. The highest BCUT2D eigenvalue weighted by molar-refractivity contribution is 9.10. The molecule has 4 aromatic rings. The highest BCUT2D eigenvalue weighted by atomic mass is 79.9. The SMILES string of the molecule is CCOc1ccc([C@H]2C(C(=O)OC)=CN=c3s/c(=C\c4cc(Br)c(OCc5ccc([N+](=O)[O-])cc5)c(OCC)c4)c(=O)n32)cc1OCC. The second-order valence-electron chi connectivity index (χ2n) is 10.2. The van der Waals surface area contributed by atoms with E-state index in [1.807, 2.05) is 20.8 Å². The summed E-state index contributed by atoms with van der Waals surface area (Å²) in [6.45, 7) is 6.91. The number of carbonyl (C=O) groups excluding carboxylic acids is 1. The first-order valence-corrected chi connectivity index (χ1v) is 16.6. The van der Waals surface area contributed by atoms with Crippen LogP contribution < -0.4 is 33.8 Å². The predicted octanol–water partition coefficient (Wildman–Crippen LogP) is 5.46. The van der Waals surface area contributed by atoms with Gasteiger partial charge in [0.2, 0.25) is 0 Å². The average Bonchev–Trinajstić information content (AvgIpc) is 3.39. The van der Waals surface area contributed by atoms with Gasteiger partial charge in [0, 0.05) is 18.3 Å². The van der Waals surface area contributed by atoms with Crippen molar-refractivity contribution < 1.29 is 33.4 Å². The molecule has 250 valence electrons. The van der Waals surface area contributed by atoms with Gasteiger partial charge >= 0.3 is 5.97 Å². The number of aromatic nitrogens is 1. The molecule has 0 N–H and O–H groups in total. The van der Waals surface area contributed by atoms with Crippen molar-refractivity contribution in [1.29, 1.82) is 0 Å². The molecule has 1 aromatic heterocycles. The Labute approximate surface area is 287 Å².